The highest BCUT2D eigenvalue weighted by Gasteiger charge is 2.01. The first kappa shape index (κ1) is 12.1. The first-order valence-corrected chi connectivity index (χ1v) is 4.68. The number of nitrogens with two attached hydrogens (primary N) is 3. The molecule has 0 radical (unpaired) electrons. The van der Waals surface area contributed by atoms with Crippen LogP contribution >= 0.6 is 11.6 Å². The molecule has 1 aromatic carbocycles. The van der Waals surface area contributed by atoms with Gasteiger partial charge in [0.05, 0.1) is 17.8 Å². The summed E-state index contributed by atoms with van der Waals surface area (Å²) < 4.78 is 4.99. The van der Waals surface area contributed by atoms with Crippen molar-refractivity contribution in [1.82, 2.24) is 0 Å². The fourth-order valence-electron chi connectivity index (χ4n) is 0.986. The van der Waals surface area contributed by atoms with E-state index in [9.17, 15) is 0 Å². The number of aliphatic imine (C=N–C) groups is 2. The lowest BCUT2D eigenvalue weighted by Crippen LogP contribution is -2.26. The first-order valence-electron chi connectivity index (χ1n) is 4.30. The van der Waals surface area contributed by atoms with Crippen LogP contribution < -0.4 is 21.9 Å². The average Bonchev–Trinajstić information content (AvgIpc) is 2.19. The molecule has 0 amide bonds. The number of nitrogens with zero attached hydrogens (tertiary/aromatic N) is 2. The Morgan fingerprint density at radius 1 is 1.31 bits per heavy atom. The molecule has 0 fully saturated rings. The minimum Gasteiger partial charge on any atom is -0.497 e. The van der Waals surface area contributed by atoms with Crippen molar-refractivity contribution in [3.8, 4) is 5.75 Å². The van der Waals surface area contributed by atoms with E-state index < -0.39 is 0 Å². The molecule has 86 valence electrons. The molecule has 0 aromatic heterocycles. The lowest BCUT2D eigenvalue weighted by atomic mass is 10.3. The van der Waals surface area contributed by atoms with Gasteiger partial charge in [0.25, 0.3) is 0 Å². The van der Waals surface area contributed by atoms with Crippen molar-refractivity contribution in [3.05, 3.63) is 23.2 Å². The molecule has 16 heavy (non-hydrogen) atoms. The maximum Gasteiger partial charge on any atom is 0.223 e. The molecule has 0 aliphatic carbocycles. The van der Waals surface area contributed by atoms with E-state index in [1.54, 1.807) is 25.3 Å². The highest BCUT2D eigenvalue weighted by molar-refractivity contribution is 6.33. The fourth-order valence-corrected chi connectivity index (χ4v) is 1.20. The van der Waals surface area contributed by atoms with Crippen molar-refractivity contribution < 1.29 is 4.74 Å². The third kappa shape index (κ3) is 3.32. The van der Waals surface area contributed by atoms with Gasteiger partial charge in [-0.05, 0) is 12.1 Å². The SMILES string of the molecule is COc1ccc(N=C(N)N=C(N)N)c(Cl)c1. The zero-order valence-electron chi connectivity index (χ0n) is 8.64. The van der Waals surface area contributed by atoms with Crippen molar-refractivity contribution in [1.29, 1.82) is 0 Å². The number of ether oxygens (including phenoxy) is 1. The van der Waals surface area contributed by atoms with Crippen molar-refractivity contribution >= 4 is 29.2 Å². The summed E-state index contributed by atoms with van der Waals surface area (Å²) in [6.45, 7) is 0. The van der Waals surface area contributed by atoms with Crippen molar-refractivity contribution in [2.45, 2.75) is 0 Å². The van der Waals surface area contributed by atoms with Crippen LogP contribution in [0.1, 0.15) is 0 Å². The zero-order chi connectivity index (χ0) is 12.1. The zero-order valence-corrected chi connectivity index (χ0v) is 9.40. The summed E-state index contributed by atoms with van der Waals surface area (Å²) in [5, 5.41) is 0.396. The van der Waals surface area contributed by atoms with Gasteiger partial charge in [-0.2, -0.15) is 4.99 Å². The number of halogens is 1. The second-order valence-electron chi connectivity index (χ2n) is 2.82. The quantitative estimate of drug-likeness (QED) is 0.519. The third-order valence-corrected chi connectivity index (χ3v) is 1.94. The van der Waals surface area contributed by atoms with E-state index in [2.05, 4.69) is 9.98 Å². The molecule has 0 aliphatic rings. The molecule has 0 bridgehead atoms. The van der Waals surface area contributed by atoms with E-state index in [0.717, 1.165) is 0 Å². The van der Waals surface area contributed by atoms with E-state index in [4.69, 9.17) is 33.5 Å². The topological polar surface area (TPSA) is 112 Å². The highest BCUT2D eigenvalue weighted by atomic mass is 35.5. The summed E-state index contributed by atoms with van der Waals surface area (Å²) >= 11 is 5.94. The Labute approximate surface area is 97.8 Å². The van der Waals surface area contributed by atoms with Crippen LogP contribution in [0.3, 0.4) is 0 Å². The number of methoxy groups -OCH3 is 1. The predicted molar refractivity (Wildman–Crippen MR) is 65.1 cm³/mol. The summed E-state index contributed by atoms with van der Waals surface area (Å²) in [6, 6.07) is 4.97. The van der Waals surface area contributed by atoms with E-state index in [0.29, 0.717) is 16.5 Å². The van der Waals surface area contributed by atoms with Gasteiger partial charge < -0.3 is 21.9 Å². The smallest absolute Gasteiger partial charge is 0.223 e. The lowest BCUT2D eigenvalue weighted by molar-refractivity contribution is 0.415. The van der Waals surface area contributed by atoms with Crippen LogP contribution in [-0.4, -0.2) is 19.0 Å². The summed E-state index contributed by atoms with van der Waals surface area (Å²) in [4.78, 5) is 7.50. The molecule has 0 saturated carbocycles. The highest BCUT2D eigenvalue weighted by Crippen LogP contribution is 2.28. The number of hydrogen-bond donors (Lipinski definition) is 3. The molecule has 0 unspecified atom stereocenters. The van der Waals surface area contributed by atoms with Gasteiger partial charge in [0.15, 0.2) is 5.96 Å². The van der Waals surface area contributed by atoms with E-state index in [1.807, 2.05) is 0 Å². The number of guanidine groups is 2. The van der Waals surface area contributed by atoms with Crippen LogP contribution in [0.4, 0.5) is 5.69 Å². The standard InChI is InChI=1S/C9H12ClN5O/c1-16-5-2-3-7(6(10)4-5)14-9(13)15-8(11)12/h2-4H,1H3,(H6,11,12,13,14,15). The Bertz CT molecular complexity index is 440. The monoisotopic (exact) mass is 241 g/mol. The maximum atomic E-state index is 5.94. The van der Waals surface area contributed by atoms with E-state index in [1.165, 1.54) is 0 Å². The van der Waals surface area contributed by atoms with Crippen LogP contribution in [0.2, 0.25) is 5.02 Å². The molecule has 0 atom stereocenters. The molecule has 0 saturated heterocycles. The molecule has 1 rings (SSSR count). The van der Waals surface area contributed by atoms with E-state index >= 15 is 0 Å². The Balaban J connectivity index is 3.02. The Hall–Kier alpha value is -1.95. The van der Waals surface area contributed by atoms with Crippen LogP contribution in [0.5, 0.6) is 5.75 Å². The van der Waals surface area contributed by atoms with Crippen molar-refractivity contribution in [2.24, 2.45) is 27.2 Å². The number of benzene rings is 1. The van der Waals surface area contributed by atoms with E-state index in [-0.39, 0.29) is 11.9 Å². The van der Waals surface area contributed by atoms with Crippen LogP contribution in [0.25, 0.3) is 0 Å². The number of hydrogen-bond acceptors (Lipinski definition) is 2. The summed E-state index contributed by atoms with van der Waals surface area (Å²) in [5.41, 5.74) is 16.2. The maximum absolute atomic E-state index is 5.94. The van der Waals surface area contributed by atoms with Crippen molar-refractivity contribution in [3.63, 3.8) is 0 Å². The Morgan fingerprint density at radius 3 is 2.50 bits per heavy atom. The summed E-state index contributed by atoms with van der Waals surface area (Å²) in [7, 11) is 1.54. The lowest BCUT2D eigenvalue weighted by Gasteiger charge is -2.02. The molecule has 6 N–H and O–H groups in total. The van der Waals surface area contributed by atoms with Gasteiger partial charge >= 0.3 is 0 Å². The predicted octanol–water partition coefficient (Wildman–Crippen LogP) is 0.568. The minimum absolute atomic E-state index is 0.0629. The molecule has 7 heteroatoms. The van der Waals surface area contributed by atoms with Gasteiger partial charge in [0.2, 0.25) is 5.96 Å². The average molecular weight is 242 g/mol. The second kappa shape index (κ2) is 5.22. The first-order chi connectivity index (χ1) is 7.52. The van der Waals surface area contributed by atoms with Crippen LogP contribution in [-0.2, 0) is 0 Å². The largest absolute Gasteiger partial charge is 0.497 e. The van der Waals surface area contributed by atoms with Crippen LogP contribution in [0.15, 0.2) is 28.2 Å². The van der Waals surface area contributed by atoms with Crippen LogP contribution in [0, 0.1) is 0 Å². The van der Waals surface area contributed by atoms with Crippen molar-refractivity contribution in [2.75, 3.05) is 7.11 Å². The molecule has 0 spiro atoms. The van der Waals surface area contributed by atoms with Gasteiger partial charge in [-0.3, -0.25) is 0 Å². The Morgan fingerprint density at radius 2 is 2.00 bits per heavy atom. The molecule has 1 aromatic rings. The Kier molecular flexibility index (Phi) is 3.96. The van der Waals surface area contributed by atoms with Gasteiger partial charge in [-0.1, -0.05) is 11.6 Å². The molecule has 0 aliphatic heterocycles. The van der Waals surface area contributed by atoms with Gasteiger partial charge in [-0.15, -0.1) is 0 Å². The number of rotatable bonds is 2. The normalized spacial score (nSPS) is 11.0. The van der Waals surface area contributed by atoms with Gasteiger partial charge in [0, 0.05) is 6.07 Å². The van der Waals surface area contributed by atoms with Gasteiger partial charge in [0.1, 0.15) is 5.75 Å². The van der Waals surface area contributed by atoms with Gasteiger partial charge in [-0.25, -0.2) is 4.99 Å². The minimum atomic E-state index is -0.161. The second-order valence-corrected chi connectivity index (χ2v) is 3.23. The summed E-state index contributed by atoms with van der Waals surface area (Å²) in [6.07, 6.45) is 0. The molecular weight excluding hydrogens is 230 g/mol. The summed E-state index contributed by atoms with van der Waals surface area (Å²) in [5.74, 6) is 0.405. The molecule has 0 heterocycles. The molecular formula is C9H12ClN5O. The fraction of sp³-hybridized carbons (Fsp3) is 0.111. The molecule has 6 nitrogen and oxygen atoms in total. The third-order valence-electron chi connectivity index (χ3n) is 1.63.